The molecular formula is C6H11N5. The third kappa shape index (κ3) is 2.79. The lowest BCUT2D eigenvalue weighted by molar-refractivity contribution is 0.599. The van der Waals surface area contributed by atoms with Gasteiger partial charge in [0.1, 0.15) is 0 Å². The maximum absolute atomic E-state index is 5.34. The second-order valence-electron chi connectivity index (χ2n) is 2.19. The molecule has 5 nitrogen and oxygen atoms in total. The molecule has 11 heavy (non-hydrogen) atoms. The Morgan fingerprint density at radius 2 is 2.55 bits per heavy atom. The van der Waals surface area contributed by atoms with Crippen molar-refractivity contribution in [1.82, 2.24) is 15.0 Å². The van der Waals surface area contributed by atoms with E-state index in [2.05, 4.69) is 15.3 Å². The second-order valence-corrected chi connectivity index (χ2v) is 2.19. The van der Waals surface area contributed by atoms with E-state index >= 15 is 0 Å². The summed E-state index contributed by atoms with van der Waals surface area (Å²) in [6.07, 6.45) is 3.43. The fraction of sp³-hybridized carbons (Fsp3) is 0.500. The van der Waals surface area contributed by atoms with Crippen LogP contribution in [0.4, 0.5) is 0 Å². The maximum Gasteiger partial charge on any atom is 0.0906 e. The van der Waals surface area contributed by atoms with E-state index in [1.54, 1.807) is 24.0 Å². The largest absolute Gasteiger partial charge is 0.388 e. The number of aromatic nitrogens is 3. The smallest absolute Gasteiger partial charge is 0.0906 e. The molecule has 0 amide bonds. The quantitative estimate of drug-likeness (QED) is 0.477. The summed E-state index contributed by atoms with van der Waals surface area (Å²) < 4.78 is 1.71. The van der Waals surface area contributed by atoms with Crippen molar-refractivity contribution in [2.45, 2.75) is 13.5 Å². The molecule has 1 aromatic heterocycles. The van der Waals surface area contributed by atoms with Crippen LogP contribution in [0.5, 0.6) is 0 Å². The van der Waals surface area contributed by atoms with E-state index < -0.39 is 0 Å². The average molecular weight is 153 g/mol. The number of hydrogen-bond donors (Lipinski definition) is 1. The summed E-state index contributed by atoms with van der Waals surface area (Å²) in [5.41, 5.74) is 5.34. The summed E-state index contributed by atoms with van der Waals surface area (Å²) in [5.74, 6) is 0.602. The average Bonchev–Trinajstić information content (AvgIpc) is 2.39. The summed E-state index contributed by atoms with van der Waals surface area (Å²) in [6.45, 7) is 3.15. The molecule has 0 aliphatic carbocycles. The van der Waals surface area contributed by atoms with Crippen molar-refractivity contribution in [3.63, 3.8) is 0 Å². The van der Waals surface area contributed by atoms with E-state index in [1.807, 2.05) is 0 Å². The Hall–Kier alpha value is -1.39. The van der Waals surface area contributed by atoms with Gasteiger partial charge in [0.15, 0.2) is 0 Å². The Labute approximate surface area is 64.9 Å². The molecule has 5 heteroatoms. The summed E-state index contributed by atoms with van der Waals surface area (Å²) in [4.78, 5) is 4.01. The molecule has 0 aliphatic rings. The number of nitrogens with zero attached hydrogens (tertiary/aromatic N) is 4. The second kappa shape index (κ2) is 3.70. The van der Waals surface area contributed by atoms with Gasteiger partial charge in [-0.2, -0.15) is 0 Å². The molecule has 60 valence electrons. The zero-order chi connectivity index (χ0) is 8.10. The topological polar surface area (TPSA) is 69.1 Å². The fourth-order valence-corrected chi connectivity index (χ4v) is 0.681. The van der Waals surface area contributed by atoms with Crippen LogP contribution in [0.25, 0.3) is 0 Å². The van der Waals surface area contributed by atoms with E-state index in [1.165, 1.54) is 0 Å². The van der Waals surface area contributed by atoms with Crippen molar-refractivity contribution >= 4 is 5.84 Å². The first-order chi connectivity index (χ1) is 5.29. The van der Waals surface area contributed by atoms with E-state index in [0.717, 1.165) is 6.54 Å². The monoisotopic (exact) mass is 153 g/mol. The van der Waals surface area contributed by atoms with Gasteiger partial charge >= 0.3 is 0 Å². The molecule has 2 N–H and O–H groups in total. The number of rotatable bonds is 3. The van der Waals surface area contributed by atoms with Gasteiger partial charge in [-0.1, -0.05) is 5.21 Å². The van der Waals surface area contributed by atoms with Gasteiger partial charge in [-0.25, -0.2) is 0 Å². The Kier molecular flexibility index (Phi) is 2.59. The first-order valence-corrected chi connectivity index (χ1v) is 3.39. The molecule has 0 saturated carbocycles. The zero-order valence-electron chi connectivity index (χ0n) is 6.44. The predicted octanol–water partition coefficient (Wildman–Crippen LogP) is -0.345. The van der Waals surface area contributed by atoms with Gasteiger partial charge < -0.3 is 5.73 Å². The molecule has 0 aliphatic heterocycles. The van der Waals surface area contributed by atoms with Crippen LogP contribution in [-0.2, 0) is 6.54 Å². The van der Waals surface area contributed by atoms with Crippen molar-refractivity contribution in [2.75, 3.05) is 6.54 Å². The van der Waals surface area contributed by atoms with E-state index in [-0.39, 0.29) is 0 Å². The van der Waals surface area contributed by atoms with Gasteiger partial charge in [-0.05, 0) is 6.92 Å². The fourth-order valence-electron chi connectivity index (χ4n) is 0.681. The number of amidine groups is 1. The molecular weight excluding hydrogens is 142 g/mol. The van der Waals surface area contributed by atoms with Gasteiger partial charge in [0.25, 0.3) is 0 Å². The Morgan fingerprint density at radius 3 is 3.09 bits per heavy atom. The van der Waals surface area contributed by atoms with Crippen LogP contribution in [0.3, 0.4) is 0 Å². The van der Waals surface area contributed by atoms with Crippen molar-refractivity contribution in [2.24, 2.45) is 10.7 Å². The molecule has 1 heterocycles. The molecule has 0 fully saturated rings. The van der Waals surface area contributed by atoms with Gasteiger partial charge in [-0.15, -0.1) is 5.10 Å². The van der Waals surface area contributed by atoms with E-state index in [4.69, 9.17) is 5.73 Å². The van der Waals surface area contributed by atoms with Crippen LogP contribution in [0.1, 0.15) is 6.92 Å². The van der Waals surface area contributed by atoms with Crippen LogP contribution in [0.15, 0.2) is 17.4 Å². The Balaban J connectivity index is 2.30. The minimum Gasteiger partial charge on any atom is -0.388 e. The maximum atomic E-state index is 5.34. The molecule has 1 rings (SSSR count). The van der Waals surface area contributed by atoms with Crippen molar-refractivity contribution in [3.05, 3.63) is 12.4 Å². The molecule has 0 bridgehead atoms. The summed E-state index contributed by atoms with van der Waals surface area (Å²) in [6, 6.07) is 0. The molecule has 0 atom stereocenters. The highest BCUT2D eigenvalue weighted by atomic mass is 15.4. The molecule has 0 aromatic carbocycles. The van der Waals surface area contributed by atoms with Crippen LogP contribution in [0.2, 0.25) is 0 Å². The highest BCUT2D eigenvalue weighted by Crippen LogP contribution is 1.81. The van der Waals surface area contributed by atoms with Crippen molar-refractivity contribution in [1.29, 1.82) is 0 Å². The van der Waals surface area contributed by atoms with Crippen LogP contribution >= 0.6 is 0 Å². The lowest BCUT2D eigenvalue weighted by Gasteiger charge is -1.95. The van der Waals surface area contributed by atoms with Gasteiger partial charge in [0.05, 0.1) is 25.1 Å². The molecule has 0 saturated heterocycles. The minimum absolute atomic E-state index is 0.602. The van der Waals surface area contributed by atoms with E-state index in [0.29, 0.717) is 12.4 Å². The first kappa shape index (κ1) is 7.71. The first-order valence-electron chi connectivity index (χ1n) is 3.39. The summed E-state index contributed by atoms with van der Waals surface area (Å²) in [5, 5.41) is 7.42. The minimum atomic E-state index is 0.602. The summed E-state index contributed by atoms with van der Waals surface area (Å²) in [7, 11) is 0. The number of nitrogens with two attached hydrogens (primary N) is 1. The highest BCUT2D eigenvalue weighted by molar-refractivity contribution is 5.77. The molecule has 0 unspecified atom stereocenters. The normalized spacial score (nSPS) is 11.9. The van der Waals surface area contributed by atoms with Gasteiger partial charge in [0.2, 0.25) is 0 Å². The summed E-state index contributed by atoms with van der Waals surface area (Å²) >= 11 is 0. The van der Waals surface area contributed by atoms with Crippen LogP contribution in [-0.4, -0.2) is 27.4 Å². The predicted molar refractivity (Wildman–Crippen MR) is 42.2 cm³/mol. The standard InChI is InChI=1S/C6H11N5/c1-6(7)8-2-4-11-5-3-9-10-11/h3,5H,2,4H2,1H3,(H2,7,8). The SMILES string of the molecule is CC(N)=NCCn1ccnn1. The van der Waals surface area contributed by atoms with Crippen LogP contribution in [0, 0.1) is 0 Å². The Morgan fingerprint density at radius 1 is 1.73 bits per heavy atom. The third-order valence-electron chi connectivity index (χ3n) is 1.16. The molecule has 0 radical (unpaired) electrons. The van der Waals surface area contributed by atoms with Crippen molar-refractivity contribution in [3.8, 4) is 0 Å². The third-order valence-corrected chi connectivity index (χ3v) is 1.16. The molecule has 0 spiro atoms. The number of aliphatic imine (C=N–C) groups is 1. The zero-order valence-corrected chi connectivity index (χ0v) is 6.44. The molecule has 1 aromatic rings. The highest BCUT2D eigenvalue weighted by Gasteiger charge is 1.88. The Bertz CT molecular complexity index is 221. The van der Waals surface area contributed by atoms with E-state index in [9.17, 15) is 0 Å². The lowest BCUT2D eigenvalue weighted by Crippen LogP contribution is -2.09. The van der Waals surface area contributed by atoms with Gasteiger partial charge in [-0.3, -0.25) is 9.67 Å². The van der Waals surface area contributed by atoms with Crippen LogP contribution < -0.4 is 5.73 Å². The number of hydrogen-bond acceptors (Lipinski definition) is 3. The van der Waals surface area contributed by atoms with Crippen molar-refractivity contribution < 1.29 is 0 Å². The lowest BCUT2D eigenvalue weighted by atomic mass is 10.6. The van der Waals surface area contributed by atoms with Gasteiger partial charge in [0, 0.05) is 6.20 Å².